The third-order valence-corrected chi connectivity index (χ3v) is 10.3. The van der Waals surface area contributed by atoms with E-state index in [9.17, 15) is 24.3 Å². The molecular formula is C25H24Cl2N4O6S3. The van der Waals surface area contributed by atoms with Crippen molar-refractivity contribution < 1.29 is 34.0 Å². The Labute approximate surface area is 252 Å². The zero-order valence-corrected chi connectivity index (χ0v) is 24.7. The molecule has 4 N–H and O–H groups in total. The molecule has 2 amide bonds. The summed E-state index contributed by atoms with van der Waals surface area (Å²) in [5.74, 6) is -2.67. The van der Waals surface area contributed by atoms with Crippen LogP contribution in [-0.4, -0.2) is 68.5 Å². The van der Waals surface area contributed by atoms with Crippen LogP contribution >= 0.6 is 58.5 Å². The predicted octanol–water partition coefficient (Wildman–Crippen LogP) is 1.37. The summed E-state index contributed by atoms with van der Waals surface area (Å²) in [5, 5.41) is 24.0. The van der Waals surface area contributed by atoms with Crippen LogP contribution in [0.15, 0.2) is 63.8 Å². The Morgan fingerprint density at radius 1 is 1.23 bits per heavy atom. The van der Waals surface area contributed by atoms with Crippen LogP contribution in [0.5, 0.6) is 0 Å². The molecule has 212 valence electrons. The van der Waals surface area contributed by atoms with Crippen LogP contribution in [0.25, 0.3) is 0 Å². The molecule has 2 aliphatic rings. The number of nitrogens with zero attached hydrogens (tertiary/aromatic N) is 2. The highest BCUT2D eigenvalue weighted by Crippen LogP contribution is 2.41. The molecule has 2 aromatic rings. The first kappa shape index (κ1) is 30.5. The number of benzene rings is 1. The van der Waals surface area contributed by atoms with Crippen LogP contribution in [0.4, 0.5) is 0 Å². The number of fused-ring (bicyclic) bond motifs is 1. The molecule has 0 saturated carbocycles. The number of carboxylic acids is 2. The maximum atomic E-state index is 12.9. The number of hydrogen-bond donors (Lipinski definition) is 3. The highest BCUT2D eigenvalue weighted by Gasteiger charge is 2.52. The lowest BCUT2D eigenvalue weighted by molar-refractivity contribution is -0.697. The summed E-state index contributed by atoms with van der Waals surface area (Å²) in [6.45, 7) is 0.443. The predicted molar refractivity (Wildman–Crippen MR) is 152 cm³/mol. The fourth-order valence-corrected chi connectivity index (χ4v) is 7.67. The molecule has 0 aliphatic carbocycles. The molecule has 2 aliphatic heterocycles. The molecule has 0 bridgehead atoms. The van der Waals surface area contributed by atoms with Gasteiger partial charge in [0.1, 0.15) is 17.5 Å². The van der Waals surface area contributed by atoms with Gasteiger partial charge in [0, 0.05) is 44.9 Å². The van der Waals surface area contributed by atoms with Gasteiger partial charge in [-0.15, -0.1) is 35.3 Å². The first-order valence-electron chi connectivity index (χ1n) is 11.9. The number of carboxylic acid groups (broad SMARTS) is 2. The Bertz CT molecular complexity index is 1360. The van der Waals surface area contributed by atoms with Crippen LogP contribution in [0.1, 0.15) is 6.42 Å². The van der Waals surface area contributed by atoms with Gasteiger partial charge >= 0.3 is 5.97 Å². The zero-order valence-electron chi connectivity index (χ0n) is 20.7. The van der Waals surface area contributed by atoms with Crippen molar-refractivity contribution in [2.75, 3.05) is 17.3 Å². The molecular weight excluding hydrogens is 619 g/mol. The zero-order chi connectivity index (χ0) is 29.0. The van der Waals surface area contributed by atoms with E-state index in [0.717, 1.165) is 4.90 Å². The smallest absolute Gasteiger partial charge is 0.320 e. The molecule has 1 fully saturated rings. The monoisotopic (exact) mass is 642 g/mol. The number of carbonyl (C=O) groups is 4. The van der Waals surface area contributed by atoms with E-state index in [-0.39, 0.29) is 23.8 Å². The van der Waals surface area contributed by atoms with Gasteiger partial charge in [-0.3, -0.25) is 19.3 Å². The van der Waals surface area contributed by atoms with Gasteiger partial charge in [-0.25, -0.2) is 4.57 Å². The summed E-state index contributed by atoms with van der Waals surface area (Å²) in [5.41, 5.74) is 5.94. The third kappa shape index (κ3) is 7.25. The molecule has 0 unspecified atom stereocenters. The summed E-state index contributed by atoms with van der Waals surface area (Å²) in [7, 11) is 0. The second kappa shape index (κ2) is 13.5. The van der Waals surface area contributed by atoms with Crippen LogP contribution in [-0.2, 0) is 25.7 Å². The van der Waals surface area contributed by atoms with Crippen molar-refractivity contribution in [2.24, 2.45) is 5.73 Å². The molecule has 1 aromatic heterocycles. The van der Waals surface area contributed by atoms with E-state index in [4.69, 9.17) is 34.0 Å². The van der Waals surface area contributed by atoms with Crippen molar-refractivity contribution in [2.45, 2.75) is 40.2 Å². The molecule has 1 saturated heterocycles. The number of nitrogens with two attached hydrogens (primary N) is 1. The molecule has 1 aromatic carbocycles. The lowest BCUT2D eigenvalue weighted by atomic mass is 10.0. The van der Waals surface area contributed by atoms with Crippen LogP contribution in [0, 0.1) is 0 Å². The molecule has 10 nitrogen and oxygen atoms in total. The SMILES string of the molecule is N[C@@H](CC[n+]1ccc(SCC2=C(C(=O)[O-])N3C(=O)[C@@H](NC(=O)CSc4cc(Cl)ccc4Cl)[C@H]3SC2)cc1)C(=O)O. The van der Waals surface area contributed by atoms with Gasteiger partial charge in [-0.05, 0) is 23.8 Å². The minimum Gasteiger partial charge on any atom is -0.543 e. The highest BCUT2D eigenvalue weighted by atomic mass is 35.5. The lowest BCUT2D eigenvalue weighted by Crippen LogP contribution is -2.71. The number of aromatic nitrogens is 1. The fraction of sp³-hybridized carbons (Fsp3) is 0.320. The number of amides is 2. The number of aryl methyl sites for hydroxylation is 1. The molecule has 0 radical (unpaired) electrons. The summed E-state index contributed by atoms with van der Waals surface area (Å²) in [4.78, 5) is 51.0. The van der Waals surface area contributed by atoms with Crippen molar-refractivity contribution in [3.05, 3.63) is 64.0 Å². The van der Waals surface area contributed by atoms with Gasteiger partial charge in [0.05, 0.1) is 22.4 Å². The Balaban J connectivity index is 1.33. The van der Waals surface area contributed by atoms with Crippen molar-refractivity contribution in [1.82, 2.24) is 10.2 Å². The molecule has 4 rings (SSSR count). The Kier molecular flexibility index (Phi) is 10.3. The van der Waals surface area contributed by atoms with Crippen LogP contribution in [0.2, 0.25) is 10.0 Å². The Morgan fingerprint density at radius 3 is 2.62 bits per heavy atom. The summed E-state index contributed by atoms with van der Waals surface area (Å²) < 4.78 is 1.81. The van der Waals surface area contributed by atoms with E-state index >= 15 is 0 Å². The number of pyridine rings is 1. The minimum atomic E-state index is -1.44. The second-order valence-electron chi connectivity index (χ2n) is 8.85. The standard InChI is InChI=1S/C25H24Cl2N4O6S3/c26-14-1-2-16(27)18(9-14)39-12-19(32)29-20-22(33)31-21(25(36)37)13(11-40-23(20)31)10-38-15-3-6-30(7-4-15)8-5-17(28)24(34)35/h1-4,6-7,9,17,20,23H,5,8,10-12,28H2,(H2-,29,32,34,35,36,37)/t17-,20+,23+/m0/s1. The van der Waals surface area contributed by atoms with Crippen molar-refractivity contribution in [3.8, 4) is 0 Å². The molecule has 0 spiro atoms. The normalized spacial score (nSPS) is 19.1. The number of β-lactam (4-membered cyclic amide) rings is 1. The van der Waals surface area contributed by atoms with E-state index in [2.05, 4.69) is 5.32 Å². The molecule has 15 heteroatoms. The maximum Gasteiger partial charge on any atom is 0.320 e. The first-order chi connectivity index (χ1) is 19.0. The van der Waals surface area contributed by atoms with Gasteiger partial charge < -0.3 is 26.1 Å². The van der Waals surface area contributed by atoms with E-state index in [1.807, 2.05) is 16.7 Å². The van der Waals surface area contributed by atoms with E-state index in [1.165, 1.54) is 40.2 Å². The number of carbonyl (C=O) groups excluding carboxylic acids is 3. The summed E-state index contributed by atoms with van der Waals surface area (Å²) >= 11 is 16.1. The average Bonchev–Trinajstić information content (AvgIpc) is 2.93. The van der Waals surface area contributed by atoms with Gasteiger partial charge in [-0.1, -0.05) is 23.2 Å². The Morgan fingerprint density at radius 2 is 1.95 bits per heavy atom. The number of hydrogen-bond acceptors (Lipinski definition) is 9. The number of halogens is 2. The summed E-state index contributed by atoms with van der Waals surface area (Å²) in [6, 6.07) is 6.83. The Hall–Kier alpha value is -2.42. The number of nitrogens with one attached hydrogen (secondary N) is 1. The van der Waals surface area contributed by atoms with Crippen LogP contribution < -0.4 is 20.7 Å². The second-order valence-corrected chi connectivity index (χ2v) is 12.9. The fourth-order valence-electron chi connectivity index (χ4n) is 4.00. The van der Waals surface area contributed by atoms with Gasteiger partial charge in [0.25, 0.3) is 5.91 Å². The number of rotatable bonds is 12. The molecule has 40 heavy (non-hydrogen) atoms. The first-order valence-corrected chi connectivity index (χ1v) is 15.7. The number of aliphatic carboxylic acids is 2. The van der Waals surface area contributed by atoms with Gasteiger partial charge in [-0.2, -0.15) is 0 Å². The van der Waals surface area contributed by atoms with Crippen LogP contribution in [0.3, 0.4) is 0 Å². The highest BCUT2D eigenvalue weighted by molar-refractivity contribution is 8.01. The average molecular weight is 644 g/mol. The van der Waals surface area contributed by atoms with E-state index in [0.29, 0.717) is 38.6 Å². The van der Waals surface area contributed by atoms with Crippen molar-refractivity contribution in [3.63, 3.8) is 0 Å². The quantitative estimate of drug-likeness (QED) is 0.175. The lowest BCUT2D eigenvalue weighted by Gasteiger charge is -2.50. The van der Waals surface area contributed by atoms with Gasteiger partial charge in [0.2, 0.25) is 5.91 Å². The molecule has 3 atom stereocenters. The summed E-state index contributed by atoms with van der Waals surface area (Å²) in [6.07, 6.45) is 3.87. The van der Waals surface area contributed by atoms with Crippen molar-refractivity contribution in [1.29, 1.82) is 0 Å². The third-order valence-electron chi connectivity index (χ3n) is 6.10. The van der Waals surface area contributed by atoms with Crippen molar-refractivity contribution >= 4 is 82.2 Å². The topological polar surface area (TPSA) is 157 Å². The minimum absolute atomic E-state index is 0.00966. The largest absolute Gasteiger partial charge is 0.543 e. The van der Waals surface area contributed by atoms with Gasteiger partial charge in [0.15, 0.2) is 18.9 Å². The van der Waals surface area contributed by atoms with E-state index in [1.54, 1.807) is 30.6 Å². The molecule has 3 heterocycles. The maximum absolute atomic E-state index is 12.9. The van der Waals surface area contributed by atoms with E-state index < -0.39 is 35.3 Å². The number of thioether (sulfide) groups is 3.